The minimum atomic E-state index is 0.222. The molecule has 1 aliphatic carbocycles. The van der Waals surface area contributed by atoms with Gasteiger partial charge >= 0.3 is 0 Å². The molecule has 1 aliphatic rings. The zero-order valence-corrected chi connectivity index (χ0v) is 13.2. The number of ether oxygens (including phenoxy) is 1. The third kappa shape index (κ3) is 3.69. The largest absolute Gasteiger partial charge is 0.488 e. The van der Waals surface area contributed by atoms with E-state index in [1.807, 2.05) is 30.3 Å². The Morgan fingerprint density at radius 2 is 1.95 bits per heavy atom. The van der Waals surface area contributed by atoms with Crippen molar-refractivity contribution in [3.8, 4) is 5.75 Å². The highest BCUT2D eigenvalue weighted by atomic mass is 35.5. The molecule has 3 heteroatoms. The summed E-state index contributed by atoms with van der Waals surface area (Å²) in [6, 6.07) is 12.8. The van der Waals surface area contributed by atoms with Crippen LogP contribution in [0.1, 0.15) is 32.6 Å². The average molecular weight is 304 g/mol. The Morgan fingerprint density at radius 3 is 2.67 bits per heavy atom. The van der Waals surface area contributed by atoms with Crippen LogP contribution < -0.4 is 10.1 Å². The molecule has 0 bridgehead atoms. The van der Waals surface area contributed by atoms with Gasteiger partial charge < -0.3 is 10.1 Å². The van der Waals surface area contributed by atoms with E-state index in [9.17, 15) is 0 Å². The molecule has 0 aliphatic heterocycles. The van der Waals surface area contributed by atoms with E-state index in [4.69, 9.17) is 16.3 Å². The molecule has 1 saturated carbocycles. The predicted octanol–water partition coefficient (Wildman–Crippen LogP) is 4.79. The monoisotopic (exact) mass is 303 g/mol. The molecule has 2 nitrogen and oxygen atoms in total. The molecule has 3 rings (SSSR count). The Labute approximate surface area is 131 Å². The molecule has 112 valence electrons. The topological polar surface area (TPSA) is 21.3 Å². The Hall–Kier alpha value is -1.25. The van der Waals surface area contributed by atoms with Gasteiger partial charge in [0.25, 0.3) is 0 Å². The SMILES string of the molecule is CCCC(CNC1CC1)Oc1ccc(Cl)c2ccccc12. The molecular formula is C18H22ClNO. The number of rotatable bonds is 7. The van der Waals surface area contributed by atoms with Gasteiger partial charge in [-0.2, -0.15) is 0 Å². The number of fused-ring (bicyclic) bond motifs is 1. The van der Waals surface area contributed by atoms with Crippen molar-refractivity contribution in [2.45, 2.75) is 44.8 Å². The molecule has 0 heterocycles. The summed E-state index contributed by atoms with van der Waals surface area (Å²) in [7, 11) is 0. The summed E-state index contributed by atoms with van der Waals surface area (Å²) >= 11 is 6.27. The first kappa shape index (κ1) is 14.7. The van der Waals surface area contributed by atoms with Gasteiger partial charge in [0, 0.05) is 28.4 Å². The molecule has 0 amide bonds. The molecular weight excluding hydrogens is 282 g/mol. The minimum absolute atomic E-state index is 0.222. The molecule has 2 aromatic carbocycles. The van der Waals surface area contributed by atoms with Crippen LogP contribution in [-0.2, 0) is 0 Å². The number of benzene rings is 2. The van der Waals surface area contributed by atoms with Crippen molar-refractivity contribution in [2.24, 2.45) is 0 Å². The number of halogens is 1. The predicted molar refractivity (Wildman–Crippen MR) is 89.3 cm³/mol. The van der Waals surface area contributed by atoms with Gasteiger partial charge in [0.15, 0.2) is 0 Å². The van der Waals surface area contributed by atoms with E-state index < -0.39 is 0 Å². The Morgan fingerprint density at radius 1 is 1.19 bits per heavy atom. The summed E-state index contributed by atoms with van der Waals surface area (Å²) in [6.45, 7) is 3.13. The highest BCUT2D eigenvalue weighted by molar-refractivity contribution is 6.35. The second-order valence-corrected chi connectivity index (χ2v) is 6.21. The molecule has 0 aromatic heterocycles. The Kier molecular flexibility index (Phi) is 4.67. The molecule has 1 atom stereocenters. The lowest BCUT2D eigenvalue weighted by molar-refractivity contribution is 0.188. The maximum atomic E-state index is 6.28. The van der Waals surface area contributed by atoms with Gasteiger partial charge in [0.2, 0.25) is 0 Å². The number of hydrogen-bond acceptors (Lipinski definition) is 2. The Bertz CT molecular complexity index is 609. The smallest absolute Gasteiger partial charge is 0.127 e. The van der Waals surface area contributed by atoms with Crippen molar-refractivity contribution in [3.05, 3.63) is 41.4 Å². The zero-order chi connectivity index (χ0) is 14.7. The highest BCUT2D eigenvalue weighted by Crippen LogP contribution is 2.32. The first-order chi connectivity index (χ1) is 10.3. The number of hydrogen-bond donors (Lipinski definition) is 1. The van der Waals surface area contributed by atoms with Crippen molar-refractivity contribution < 1.29 is 4.74 Å². The molecule has 2 aromatic rings. The van der Waals surface area contributed by atoms with Crippen LogP contribution in [-0.4, -0.2) is 18.7 Å². The summed E-state index contributed by atoms with van der Waals surface area (Å²) < 4.78 is 6.28. The van der Waals surface area contributed by atoms with Crippen LogP contribution >= 0.6 is 11.6 Å². The zero-order valence-electron chi connectivity index (χ0n) is 12.4. The molecule has 21 heavy (non-hydrogen) atoms. The maximum absolute atomic E-state index is 6.28. The van der Waals surface area contributed by atoms with Crippen LogP contribution in [0.3, 0.4) is 0 Å². The minimum Gasteiger partial charge on any atom is -0.488 e. The van der Waals surface area contributed by atoms with Crippen LogP contribution in [0.25, 0.3) is 10.8 Å². The third-order valence-corrected chi connectivity index (χ3v) is 4.28. The van der Waals surface area contributed by atoms with Gasteiger partial charge in [-0.1, -0.05) is 49.2 Å². The first-order valence-electron chi connectivity index (χ1n) is 7.85. The van der Waals surface area contributed by atoms with E-state index in [0.29, 0.717) is 0 Å². The maximum Gasteiger partial charge on any atom is 0.127 e. The third-order valence-electron chi connectivity index (χ3n) is 3.95. The summed E-state index contributed by atoms with van der Waals surface area (Å²) in [5, 5.41) is 6.50. The Balaban J connectivity index is 1.79. The van der Waals surface area contributed by atoms with Crippen molar-refractivity contribution in [2.75, 3.05) is 6.54 Å². The average Bonchev–Trinajstić information content (AvgIpc) is 3.32. The van der Waals surface area contributed by atoms with E-state index in [0.717, 1.165) is 47.0 Å². The van der Waals surface area contributed by atoms with E-state index in [1.165, 1.54) is 12.8 Å². The summed E-state index contributed by atoms with van der Waals surface area (Å²) in [5.41, 5.74) is 0. The van der Waals surface area contributed by atoms with Crippen molar-refractivity contribution in [1.29, 1.82) is 0 Å². The molecule has 0 saturated heterocycles. The summed E-state index contributed by atoms with van der Waals surface area (Å²) in [6.07, 6.45) is 5.03. The van der Waals surface area contributed by atoms with E-state index >= 15 is 0 Å². The highest BCUT2D eigenvalue weighted by Gasteiger charge is 2.22. The molecule has 1 N–H and O–H groups in total. The lowest BCUT2D eigenvalue weighted by Gasteiger charge is -2.20. The van der Waals surface area contributed by atoms with Gasteiger partial charge in [-0.25, -0.2) is 0 Å². The molecule has 0 spiro atoms. The van der Waals surface area contributed by atoms with Crippen molar-refractivity contribution in [1.82, 2.24) is 5.32 Å². The van der Waals surface area contributed by atoms with E-state index in [-0.39, 0.29) is 6.10 Å². The second kappa shape index (κ2) is 6.67. The lowest BCUT2D eigenvalue weighted by Crippen LogP contribution is -2.32. The first-order valence-corrected chi connectivity index (χ1v) is 8.23. The normalized spacial score (nSPS) is 16.1. The fourth-order valence-corrected chi connectivity index (χ4v) is 2.85. The molecule has 0 radical (unpaired) electrons. The summed E-state index contributed by atoms with van der Waals surface area (Å²) in [5.74, 6) is 0.936. The van der Waals surface area contributed by atoms with Crippen LogP contribution in [0, 0.1) is 0 Å². The van der Waals surface area contributed by atoms with E-state index in [1.54, 1.807) is 0 Å². The molecule has 1 fully saturated rings. The molecule has 1 unspecified atom stereocenters. The van der Waals surface area contributed by atoms with Gasteiger partial charge in [0.05, 0.1) is 0 Å². The van der Waals surface area contributed by atoms with Gasteiger partial charge in [-0.3, -0.25) is 0 Å². The quantitative estimate of drug-likeness (QED) is 0.794. The fourth-order valence-electron chi connectivity index (χ4n) is 2.63. The van der Waals surface area contributed by atoms with Gasteiger partial charge in [-0.15, -0.1) is 0 Å². The summed E-state index contributed by atoms with van der Waals surface area (Å²) in [4.78, 5) is 0. The van der Waals surface area contributed by atoms with Crippen molar-refractivity contribution in [3.63, 3.8) is 0 Å². The van der Waals surface area contributed by atoms with Crippen LogP contribution in [0.4, 0.5) is 0 Å². The van der Waals surface area contributed by atoms with Gasteiger partial charge in [0.1, 0.15) is 11.9 Å². The standard InChI is InChI=1S/C18H22ClNO/c1-2-5-14(12-20-13-8-9-13)21-18-11-10-17(19)15-6-3-4-7-16(15)18/h3-4,6-7,10-11,13-14,20H,2,5,8-9,12H2,1H3. The second-order valence-electron chi connectivity index (χ2n) is 5.80. The van der Waals surface area contributed by atoms with Crippen LogP contribution in [0.15, 0.2) is 36.4 Å². The van der Waals surface area contributed by atoms with Crippen LogP contribution in [0.5, 0.6) is 5.75 Å². The van der Waals surface area contributed by atoms with E-state index in [2.05, 4.69) is 18.3 Å². The fraction of sp³-hybridized carbons (Fsp3) is 0.444. The number of nitrogens with one attached hydrogen (secondary N) is 1. The lowest BCUT2D eigenvalue weighted by atomic mass is 10.1. The van der Waals surface area contributed by atoms with Gasteiger partial charge in [-0.05, 0) is 31.4 Å². The van der Waals surface area contributed by atoms with Crippen LogP contribution in [0.2, 0.25) is 5.02 Å². The van der Waals surface area contributed by atoms with Crippen molar-refractivity contribution >= 4 is 22.4 Å².